The van der Waals surface area contributed by atoms with Crippen LogP contribution >= 0.6 is 15.9 Å². The highest BCUT2D eigenvalue weighted by Gasteiger charge is 2.01. The topological polar surface area (TPSA) is 62.7 Å². The van der Waals surface area contributed by atoms with Crippen molar-refractivity contribution in [1.82, 2.24) is 15.2 Å². The highest BCUT2D eigenvalue weighted by molar-refractivity contribution is 9.10. The first-order valence-electron chi connectivity index (χ1n) is 6.34. The van der Waals surface area contributed by atoms with Gasteiger partial charge in [-0.2, -0.15) is 10.1 Å². The molecule has 3 aromatic rings. The molecular weight excluding hydrogens is 330 g/mol. The van der Waals surface area contributed by atoms with Gasteiger partial charge in [0.25, 0.3) is 0 Å². The van der Waals surface area contributed by atoms with E-state index in [4.69, 9.17) is 0 Å². The monoisotopic (exact) mass is 341 g/mol. The van der Waals surface area contributed by atoms with Crippen LogP contribution in [0.4, 0.5) is 23.1 Å². The average Bonchev–Trinajstić information content (AvgIpc) is 2.51. The molecule has 0 aliphatic heterocycles. The lowest BCUT2D eigenvalue weighted by Gasteiger charge is -2.07. The minimum Gasteiger partial charge on any atom is -0.339 e. The third-order valence-electron chi connectivity index (χ3n) is 2.71. The molecule has 0 aliphatic carbocycles. The highest BCUT2D eigenvalue weighted by Crippen LogP contribution is 2.18. The fourth-order valence-corrected chi connectivity index (χ4v) is 2.01. The van der Waals surface area contributed by atoms with E-state index in [1.165, 1.54) is 0 Å². The SMILES string of the molecule is Brc1ccc(Nc2cnnc(Nc3ccccc3)n2)cc1. The Morgan fingerprint density at radius 1 is 0.810 bits per heavy atom. The predicted octanol–water partition coefficient (Wildman–Crippen LogP) is 4.12. The van der Waals surface area contributed by atoms with Gasteiger partial charge in [0.2, 0.25) is 5.95 Å². The summed E-state index contributed by atoms with van der Waals surface area (Å²) in [6.45, 7) is 0. The molecule has 0 fully saturated rings. The lowest BCUT2D eigenvalue weighted by molar-refractivity contribution is 0.982. The molecule has 104 valence electrons. The van der Waals surface area contributed by atoms with Crippen LogP contribution in [0.25, 0.3) is 0 Å². The Hall–Kier alpha value is -2.47. The zero-order valence-electron chi connectivity index (χ0n) is 11.0. The molecule has 0 unspecified atom stereocenters. The van der Waals surface area contributed by atoms with Crippen LogP contribution in [0.1, 0.15) is 0 Å². The van der Waals surface area contributed by atoms with Crippen molar-refractivity contribution in [2.24, 2.45) is 0 Å². The van der Waals surface area contributed by atoms with E-state index >= 15 is 0 Å². The summed E-state index contributed by atoms with van der Waals surface area (Å²) < 4.78 is 1.03. The van der Waals surface area contributed by atoms with Crippen LogP contribution < -0.4 is 10.6 Å². The van der Waals surface area contributed by atoms with Gasteiger partial charge in [0.15, 0.2) is 5.82 Å². The van der Waals surface area contributed by atoms with E-state index in [-0.39, 0.29) is 0 Å². The van der Waals surface area contributed by atoms with Gasteiger partial charge in [-0.05, 0) is 36.4 Å². The lowest BCUT2D eigenvalue weighted by Crippen LogP contribution is -2.02. The van der Waals surface area contributed by atoms with Gasteiger partial charge in [0.05, 0.1) is 6.20 Å². The third-order valence-corrected chi connectivity index (χ3v) is 3.23. The van der Waals surface area contributed by atoms with Gasteiger partial charge in [-0.1, -0.05) is 34.1 Å². The van der Waals surface area contributed by atoms with E-state index in [1.54, 1.807) is 6.20 Å². The van der Waals surface area contributed by atoms with Crippen molar-refractivity contribution in [2.75, 3.05) is 10.6 Å². The Morgan fingerprint density at radius 3 is 2.29 bits per heavy atom. The van der Waals surface area contributed by atoms with Crippen molar-refractivity contribution in [1.29, 1.82) is 0 Å². The summed E-state index contributed by atoms with van der Waals surface area (Å²) in [6, 6.07) is 17.6. The van der Waals surface area contributed by atoms with Gasteiger partial charge < -0.3 is 10.6 Å². The summed E-state index contributed by atoms with van der Waals surface area (Å²) in [5.41, 5.74) is 1.85. The molecule has 0 aliphatic rings. The van der Waals surface area contributed by atoms with Crippen LogP contribution in [0.2, 0.25) is 0 Å². The standard InChI is InChI=1S/C15H12BrN5/c16-11-6-8-13(9-7-11)18-14-10-17-21-15(20-14)19-12-4-2-1-3-5-12/h1-10H,(H2,18,19,20,21). The first kappa shape index (κ1) is 13.5. The molecule has 0 atom stereocenters. The van der Waals surface area contributed by atoms with E-state index in [9.17, 15) is 0 Å². The van der Waals surface area contributed by atoms with E-state index in [0.717, 1.165) is 15.8 Å². The van der Waals surface area contributed by atoms with Gasteiger partial charge in [-0.25, -0.2) is 0 Å². The minimum atomic E-state index is 0.448. The third kappa shape index (κ3) is 3.76. The summed E-state index contributed by atoms with van der Waals surface area (Å²) >= 11 is 3.40. The van der Waals surface area contributed by atoms with Crippen LogP contribution in [-0.2, 0) is 0 Å². The molecule has 21 heavy (non-hydrogen) atoms. The molecule has 0 spiro atoms. The average molecular weight is 342 g/mol. The molecule has 1 aromatic heterocycles. The van der Waals surface area contributed by atoms with Crippen molar-refractivity contribution >= 4 is 39.1 Å². The second-order valence-corrected chi connectivity index (χ2v) is 5.20. The quantitative estimate of drug-likeness (QED) is 0.747. The summed E-state index contributed by atoms with van der Waals surface area (Å²) in [4.78, 5) is 4.38. The van der Waals surface area contributed by atoms with Crippen molar-refractivity contribution in [3.63, 3.8) is 0 Å². The molecule has 2 aromatic carbocycles. The maximum Gasteiger partial charge on any atom is 0.249 e. The van der Waals surface area contributed by atoms with E-state index < -0.39 is 0 Å². The Balaban J connectivity index is 1.75. The van der Waals surface area contributed by atoms with Gasteiger partial charge in [-0.3, -0.25) is 0 Å². The van der Waals surface area contributed by atoms with Gasteiger partial charge in [0.1, 0.15) is 0 Å². The largest absolute Gasteiger partial charge is 0.339 e. The van der Waals surface area contributed by atoms with Crippen LogP contribution in [-0.4, -0.2) is 15.2 Å². The zero-order valence-corrected chi connectivity index (χ0v) is 12.6. The number of anilines is 4. The van der Waals surface area contributed by atoms with E-state index in [2.05, 4.69) is 41.7 Å². The summed E-state index contributed by atoms with van der Waals surface area (Å²) in [5, 5.41) is 14.2. The molecule has 0 amide bonds. The second-order valence-electron chi connectivity index (χ2n) is 4.29. The van der Waals surface area contributed by atoms with E-state index in [0.29, 0.717) is 11.8 Å². The number of hydrogen-bond acceptors (Lipinski definition) is 5. The van der Waals surface area contributed by atoms with Gasteiger partial charge >= 0.3 is 0 Å². The predicted molar refractivity (Wildman–Crippen MR) is 87.0 cm³/mol. The smallest absolute Gasteiger partial charge is 0.249 e. The number of halogens is 1. The number of benzene rings is 2. The Kier molecular flexibility index (Phi) is 4.07. The highest BCUT2D eigenvalue weighted by atomic mass is 79.9. The first-order chi connectivity index (χ1) is 10.3. The molecule has 0 saturated carbocycles. The van der Waals surface area contributed by atoms with Crippen molar-refractivity contribution in [3.05, 3.63) is 65.3 Å². The summed E-state index contributed by atoms with van der Waals surface area (Å²) in [7, 11) is 0. The lowest BCUT2D eigenvalue weighted by atomic mass is 10.3. The summed E-state index contributed by atoms with van der Waals surface area (Å²) in [5.74, 6) is 1.08. The van der Waals surface area contributed by atoms with Crippen LogP contribution in [0, 0.1) is 0 Å². The van der Waals surface area contributed by atoms with Gasteiger partial charge in [0, 0.05) is 15.8 Å². The molecule has 0 radical (unpaired) electrons. The minimum absolute atomic E-state index is 0.448. The fraction of sp³-hybridized carbons (Fsp3) is 0. The zero-order chi connectivity index (χ0) is 14.5. The molecule has 1 heterocycles. The second kappa shape index (κ2) is 6.32. The van der Waals surface area contributed by atoms with Crippen molar-refractivity contribution in [2.45, 2.75) is 0 Å². The van der Waals surface area contributed by atoms with Crippen molar-refractivity contribution in [3.8, 4) is 0 Å². The Bertz CT molecular complexity index is 716. The maximum absolute atomic E-state index is 4.38. The molecular formula is C15H12BrN5. The van der Waals surface area contributed by atoms with Crippen LogP contribution in [0.3, 0.4) is 0 Å². The Morgan fingerprint density at radius 2 is 1.52 bits per heavy atom. The number of para-hydroxylation sites is 1. The van der Waals surface area contributed by atoms with Crippen molar-refractivity contribution < 1.29 is 0 Å². The number of hydrogen-bond donors (Lipinski definition) is 2. The molecule has 2 N–H and O–H groups in total. The number of nitrogens with zero attached hydrogens (tertiary/aromatic N) is 3. The van der Waals surface area contributed by atoms with Crippen LogP contribution in [0.5, 0.6) is 0 Å². The number of aromatic nitrogens is 3. The number of nitrogens with one attached hydrogen (secondary N) is 2. The molecule has 3 rings (SSSR count). The normalized spacial score (nSPS) is 10.1. The molecule has 0 bridgehead atoms. The molecule has 0 saturated heterocycles. The molecule has 5 nitrogen and oxygen atoms in total. The maximum atomic E-state index is 4.38. The van der Waals surface area contributed by atoms with E-state index in [1.807, 2.05) is 54.6 Å². The van der Waals surface area contributed by atoms with Gasteiger partial charge in [-0.15, -0.1) is 5.10 Å². The summed E-state index contributed by atoms with van der Waals surface area (Å²) in [6.07, 6.45) is 1.58. The Labute approximate surface area is 130 Å². The fourth-order valence-electron chi connectivity index (χ4n) is 1.75. The van der Waals surface area contributed by atoms with Crippen LogP contribution in [0.15, 0.2) is 65.3 Å². The molecule has 6 heteroatoms. The first-order valence-corrected chi connectivity index (χ1v) is 7.13. The number of rotatable bonds is 4.